The van der Waals surface area contributed by atoms with Crippen LogP contribution in [0, 0.1) is 0 Å². The molecule has 1 aromatic carbocycles. The summed E-state index contributed by atoms with van der Waals surface area (Å²) in [5.41, 5.74) is 11.4. The van der Waals surface area contributed by atoms with Gasteiger partial charge < -0.3 is 22.1 Å². The number of nitrogens with two attached hydrogens (primary N) is 2. The molecular formula is C14H20N4O3. The molecule has 0 aromatic heterocycles. The van der Waals surface area contributed by atoms with Crippen LogP contribution in [-0.2, 0) is 11.3 Å². The van der Waals surface area contributed by atoms with Gasteiger partial charge in [0, 0.05) is 12.1 Å². The standard InChI is InChI=1S/C14H20N4O3/c1-2-4-11(18-14(16)21)13(20)17-8-9-5-3-6-10(7-9)12(15)19/h3,5-7,11H,2,4,8H2,1H3,(H2,15,19)(H,17,20)(H3,16,18,21). The first-order chi connectivity index (χ1) is 9.93. The summed E-state index contributed by atoms with van der Waals surface area (Å²) in [4.78, 5) is 33.9. The lowest BCUT2D eigenvalue weighted by Crippen LogP contribution is -2.48. The number of urea groups is 1. The largest absolute Gasteiger partial charge is 0.366 e. The number of hydrogen-bond donors (Lipinski definition) is 4. The Morgan fingerprint density at radius 2 is 1.95 bits per heavy atom. The van der Waals surface area contributed by atoms with Crippen molar-refractivity contribution in [2.75, 3.05) is 0 Å². The Hall–Kier alpha value is -2.57. The summed E-state index contributed by atoms with van der Waals surface area (Å²) in [6.45, 7) is 2.14. The van der Waals surface area contributed by atoms with Crippen LogP contribution in [0.2, 0.25) is 0 Å². The Morgan fingerprint density at radius 3 is 2.52 bits per heavy atom. The maximum Gasteiger partial charge on any atom is 0.312 e. The maximum absolute atomic E-state index is 12.0. The number of amides is 4. The Kier molecular flexibility index (Phi) is 6.19. The molecule has 0 aliphatic heterocycles. The summed E-state index contributed by atoms with van der Waals surface area (Å²) < 4.78 is 0. The van der Waals surface area contributed by atoms with Crippen molar-refractivity contribution in [2.24, 2.45) is 11.5 Å². The molecule has 7 heteroatoms. The summed E-state index contributed by atoms with van der Waals surface area (Å²) in [5, 5.41) is 5.09. The van der Waals surface area contributed by atoms with Crippen molar-refractivity contribution < 1.29 is 14.4 Å². The number of primary amides is 2. The van der Waals surface area contributed by atoms with Crippen LogP contribution in [0.25, 0.3) is 0 Å². The molecule has 1 unspecified atom stereocenters. The van der Waals surface area contributed by atoms with Gasteiger partial charge in [-0.25, -0.2) is 4.79 Å². The van der Waals surface area contributed by atoms with Crippen LogP contribution in [-0.4, -0.2) is 23.9 Å². The number of hydrogen-bond acceptors (Lipinski definition) is 3. The zero-order chi connectivity index (χ0) is 15.8. The maximum atomic E-state index is 12.0. The summed E-state index contributed by atoms with van der Waals surface area (Å²) in [7, 11) is 0. The van der Waals surface area contributed by atoms with Crippen molar-refractivity contribution in [2.45, 2.75) is 32.4 Å². The molecule has 4 amide bonds. The Balaban J connectivity index is 2.63. The molecule has 6 N–H and O–H groups in total. The van der Waals surface area contributed by atoms with E-state index in [4.69, 9.17) is 11.5 Å². The van der Waals surface area contributed by atoms with Gasteiger partial charge in [0.1, 0.15) is 6.04 Å². The van der Waals surface area contributed by atoms with Crippen molar-refractivity contribution in [1.29, 1.82) is 0 Å². The Labute approximate surface area is 123 Å². The van der Waals surface area contributed by atoms with E-state index in [1.165, 1.54) is 0 Å². The molecule has 0 fully saturated rings. The molecule has 1 aromatic rings. The summed E-state index contributed by atoms with van der Waals surface area (Å²) in [6, 6.07) is 5.27. The first-order valence-electron chi connectivity index (χ1n) is 6.66. The van der Waals surface area contributed by atoms with Gasteiger partial charge in [-0.05, 0) is 24.1 Å². The number of nitrogens with one attached hydrogen (secondary N) is 2. The third-order valence-electron chi connectivity index (χ3n) is 2.89. The molecule has 1 rings (SSSR count). The molecule has 0 aliphatic rings. The van der Waals surface area contributed by atoms with Crippen molar-refractivity contribution in [3.8, 4) is 0 Å². The fourth-order valence-corrected chi connectivity index (χ4v) is 1.88. The second kappa shape index (κ2) is 7.88. The molecule has 1 atom stereocenters. The Morgan fingerprint density at radius 1 is 1.24 bits per heavy atom. The molecule has 0 radical (unpaired) electrons. The van der Waals surface area contributed by atoms with Crippen molar-refractivity contribution in [3.05, 3.63) is 35.4 Å². The van der Waals surface area contributed by atoms with Gasteiger partial charge >= 0.3 is 6.03 Å². The number of rotatable bonds is 7. The molecule has 0 bridgehead atoms. The second-order valence-corrected chi connectivity index (χ2v) is 4.63. The van der Waals surface area contributed by atoms with Crippen LogP contribution in [0.4, 0.5) is 4.79 Å². The van der Waals surface area contributed by atoms with Crippen molar-refractivity contribution >= 4 is 17.8 Å². The summed E-state index contributed by atoms with van der Waals surface area (Å²) in [5.74, 6) is -0.845. The van der Waals surface area contributed by atoms with Gasteiger partial charge in [0.05, 0.1) is 0 Å². The van der Waals surface area contributed by atoms with Gasteiger partial charge in [0.2, 0.25) is 11.8 Å². The molecule has 114 valence electrons. The lowest BCUT2D eigenvalue weighted by molar-refractivity contribution is -0.123. The number of carbonyl (C=O) groups excluding carboxylic acids is 3. The van der Waals surface area contributed by atoms with E-state index in [-0.39, 0.29) is 12.5 Å². The molecule has 0 aliphatic carbocycles. The topological polar surface area (TPSA) is 127 Å². The van der Waals surface area contributed by atoms with Crippen molar-refractivity contribution in [1.82, 2.24) is 10.6 Å². The highest BCUT2D eigenvalue weighted by Crippen LogP contribution is 2.05. The minimum atomic E-state index is -0.737. The predicted molar refractivity (Wildman–Crippen MR) is 78.2 cm³/mol. The first kappa shape index (κ1) is 16.5. The summed E-state index contributed by atoms with van der Waals surface area (Å²) >= 11 is 0. The summed E-state index contributed by atoms with van der Waals surface area (Å²) in [6.07, 6.45) is 1.23. The molecule has 0 saturated carbocycles. The van der Waals surface area contributed by atoms with Gasteiger partial charge in [0.15, 0.2) is 0 Å². The van der Waals surface area contributed by atoms with E-state index >= 15 is 0 Å². The third-order valence-corrected chi connectivity index (χ3v) is 2.89. The van der Waals surface area contributed by atoms with Crippen LogP contribution in [0.15, 0.2) is 24.3 Å². The zero-order valence-electron chi connectivity index (χ0n) is 11.9. The van der Waals surface area contributed by atoms with E-state index in [1.54, 1.807) is 24.3 Å². The minimum absolute atomic E-state index is 0.237. The quantitative estimate of drug-likeness (QED) is 0.574. The highest BCUT2D eigenvalue weighted by molar-refractivity contribution is 5.93. The lowest BCUT2D eigenvalue weighted by atomic mass is 10.1. The van der Waals surface area contributed by atoms with Gasteiger partial charge in [-0.1, -0.05) is 25.5 Å². The molecule has 7 nitrogen and oxygen atoms in total. The molecule has 0 heterocycles. The fraction of sp³-hybridized carbons (Fsp3) is 0.357. The van der Waals surface area contributed by atoms with Crippen LogP contribution >= 0.6 is 0 Å². The average Bonchev–Trinajstić information content (AvgIpc) is 2.44. The van der Waals surface area contributed by atoms with Crippen LogP contribution in [0.5, 0.6) is 0 Å². The predicted octanol–water partition coefficient (Wildman–Crippen LogP) is 0.239. The molecule has 0 saturated heterocycles. The van der Waals surface area contributed by atoms with E-state index < -0.39 is 18.0 Å². The molecular weight excluding hydrogens is 272 g/mol. The van der Waals surface area contributed by atoms with E-state index in [0.29, 0.717) is 12.0 Å². The normalized spacial score (nSPS) is 11.5. The van der Waals surface area contributed by atoms with Crippen LogP contribution < -0.4 is 22.1 Å². The van der Waals surface area contributed by atoms with Crippen molar-refractivity contribution in [3.63, 3.8) is 0 Å². The third kappa shape index (κ3) is 5.52. The van der Waals surface area contributed by atoms with Gasteiger partial charge in [-0.15, -0.1) is 0 Å². The van der Waals surface area contributed by atoms with E-state index in [1.807, 2.05) is 6.92 Å². The highest BCUT2D eigenvalue weighted by atomic mass is 16.2. The number of benzene rings is 1. The average molecular weight is 292 g/mol. The first-order valence-corrected chi connectivity index (χ1v) is 6.66. The minimum Gasteiger partial charge on any atom is -0.366 e. The lowest BCUT2D eigenvalue weighted by Gasteiger charge is -2.16. The van der Waals surface area contributed by atoms with Crippen LogP contribution in [0.3, 0.4) is 0 Å². The smallest absolute Gasteiger partial charge is 0.312 e. The molecule has 21 heavy (non-hydrogen) atoms. The molecule has 0 spiro atoms. The van der Waals surface area contributed by atoms with Crippen LogP contribution in [0.1, 0.15) is 35.7 Å². The van der Waals surface area contributed by atoms with Gasteiger partial charge in [-0.2, -0.15) is 0 Å². The van der Waals surface area contributed by atoms with E-state index in [0.717, 1.165) is 12.0 Å². The zero-order valence-corrected chi connectivity index (χ0v) is 11.9. The van der Waals surface area contributed by atoms with Gasteiger partial charge in [-0.3, -0.25) is 9.59 Å². The van der Waals surface area contributed by atoms with Gasteiger partial charge in [0.25, 0.3) is 0 Å². The monoisotopic (exact) mass is 292 g/mol. The number of carbonyl (C=O) groups is 3. The fourth-order valence-electron chi connectivity index (χ4n) is 1.88. The van der Waals surface area contributed by atoms with E-state index in [2.05, 4.69) is 10.6 Å². The highest BCUT2D eigenvalue weighted by Gasteiger charge is 2.18. The SMILES string of the molecule is CCCC(NC(N)=O)C(=O)NCc1cccc(C(N)=O)c1. The van der Waals surface area contributed by atoms with E-state index in [9.17, 15) is 14.4 Å². The second-order valence-electron chi connectivity index (χ2n) is 4.63. The Bertz CT molecular complexity index is 531.